The monoisotopic (exact) mass is 314 g/mol. The second-order valence-electron chi connectivity index (χ2n) is 5.00. The molecule has 0 atom stereocenters. The molecule has 0 radical (unpaired) electrons. The van der Waals surface area contributed by atoms with E-state index in [-0.39, 0.29) is 0 Å². The molecule has 0 unspecified atom stereocenters. The molecular formula is C16H27O4P. The molecular weight excluding hydrogens is 287 g/mol. The molecule has 0 saturated heterocycles. The molecule has 1 N–H and O–H groups in total. The third-order valence-corrected chi connectivity index (χ3v) is 5.40. The number of phenols is 1. The summed E-state index contributed by atoms with van der Waals surface area (Å²) in [7, 11) is -2.86. The quantitative estimate of drug-likeness (QED) is 0.472. The third kappa shape index (κ3) is 7.66. The molecule has 21 heavy (non-hydrogen) atoms. The Balaban J connectivity index is 2.16. The van der Waals surface area contributed by atoms with Gasteiger partial charge in [0.1, 0.15) is 5.75 Å². The van der Waals surface area contributed by atoms with Crippen LogP contribution in [-0.4, -0.2) is 24.5 Å². The summed E-state index contributed by atoms with van der Waals surface area (Å²) in [5, 5.41) is 9.21. The van der Waals surface area contributed by atoms with Crippen LogP contribution in [0.2, 0.25) is 0 Å². The van der Waals surface area contributed by atoms with Crippen LogP contribution in [-0.2, 0) is 20.0 Å². The molecule has 1 aromatic carbocycles. The van der Waals surface area contributed by atoms with Crippen LogP contribution in [0, 0.1) is 0 Å². The van der Waals surface area contributed by atoms with Crippen molar-refractivity contribution in [2.75, 3.05) is 19.4 Å². The van der Waals surface area contributed by atoms with Crippen LogP contribution < -0.4 is 0 Å². The number of hydrogen-bond donors (Lipinski definition) is 1. The standard InChI is InChI=1S/C16H27O4P/c1-3-19-21(18,20-4-2)14-8-6-5-7-9-15-10-12-16(17)13-11-15/h10-13,17H,3-9,14H2,1-2H3. The van der Waals surface area contributed by atoms with Gasteiger partial charge in [-0.2, -0.15) is 0 Å². The normalized spacial score (nSPS) is 11.7. The number of aromatic hydroxyl groups is 1. The molecule has 0 aromatic heterocycles. The summed E-state index contributed by atoms with van der Waals surface area (Å²) in [6.07, 6.45) is 5.61. The van der Waals surface area contributed by atoms with Gasteiger partial charge in [-0.05, 0) is 50.8 Å². The van der Waals surface area contributed by atoms with Gasteiger partial charge in [-0.15, -0.1) is 0 Å². The van der Waals surface area contributed by atoms with Gasteiger partial charge in [0.15, 0.2) is 0 Å². The fraction of sp³-hybridized carbons (Fsp3) is 0.625. The minimum absolute atomic E-state index is 0.307. The Kier molecular flexibility index (Phi) is 8.67. The topological polar surface area (TPSA) is 55.8 Å². The van der Waals surface area contributed by atoms with Gasteiger partial charge in [-0.1, -0.05) is 25.0 Å². The lowest BCUT2D eigenvalue weighted by atomic mass is 10.1. The maximum atomic E-state index is 12.2. The minimum Gasteiger partial charge on any atom is -0.508 e. The summed E-state index contributed by atoms with van der Waals surface area (Å²) in [6, 6.07) is 7.34. The van der Waals surface area contributed by atoms with Crippen molar-refractivity contribution in [3.8, 4) is 5.75 Å². The van der Waals surface area contributed by atoms with E-state index in [1.54, 1.807) is 12.1 Å². The van der Waals surface area contributed by atoms with Crippen LogP contribution in [0.4, 0.5) is 0 Å². The maximum absolute atomic E-state index is 12.2. The molecule has 5 heteroatoms. The van der Waals surface area contributed by atoms with E-state index >= 15 is 0 Å². The lowest BCUT2D eigenvalue weighted by molar-refractivity contribution is 0.219. The second-order valence-corrected chi connectivity index (χ2v) is 7.19. The van der Waals surface area contributed by atoms with E-state index in [9.17, 15) is 9.67 Å². The Morgan fingerprint density at radius 2 is 1.52 bits per heavy atom. The van der Waals surface area contributed by atoms with Gasteiger partial charge in [0.2, 0.25) is 0 Å². The maximum Gasteiger partial charge on any atom is 0.330 e. The van der Waals surface area contributed by atoms with Crippen molar-refractivity contribution in [3.63, 3.8) is 0 Å². The van der Waals surface area contributed by atoms with E-state index in [4.69, 9.17) is 9.05 Å². The molecule has 120 valence electrons. The number of aryl methyl sites for hydroxylation is 1. The first-order valence-electron chi connectivity index (χ1n) is 7.75. The molecule has 1 rings (SSSR count). The molecule has 0 spiro atoms. The first-order chi connectivity index (χ1) is 10.1. The van der Waals surface area contributed by atoms with E-state index in [0.29, 0.717) is 25.1 Å². The van der Waals surface area contributed by atoms with Crippen molar-refractivity contribution < 1.29 is 18.7 Å². The molecule has 0 saturated carbocycles. The SMILES string of the molecule is CCOP(=O)(CCCCCCc1ccc(O)cc1)OCC. The highest BCUT2D eigenvalue weighted by Crippen LogP contribution is 2.48. The number of benzene rings is 1. The van der Waals surface area contributed by atoms with Crippen LogP contribution in [0.1, 0.15) is 45.1 Å². The largest absolute Gasteiger partial charge is 0.508 e. The van der Waals surface area contributed by atoms with Crippen molar-refractivity contribution in [1.29, 1.82) is 0 Å². The van der Waals surface area contributed by atoms with E-state index in [0.717, 1.165) is 32.1 Å². The van der Waals surface area contributed by atoms with E-state index in [2.05, 4.69) is 0 Å². The van der Waals surface area contributed by atoms with Gasteiger partial charge < -0.3 is 14.2 Å². The lowest BCUT2D eigenvalue weighted by Crippen LogP contribution is -2.00. The number of hydrogen-bond acceptors (Lipinski definition) is 4. The predicted octanol–water partition coefficient (Wildman–Crippen LogP) is 4.76. The summed E-state index contributed by atoms with van der Waals surface area (Å²) in [5.41, 5.74) is 1.24. The Morgan fingerprint density at radius 1 is 0.952 bits per heavy atom. The van der Waals surface area contributed by atoms with Crippen LogP contribution in [0.25, 0.3) is 0 Å². The molecule has 0 amide bonds. The van der Waals surface area contributed by atoms with E-state index < -0.39 is 7.60 Å². The summed E-state index contributed by atoms with van der Waals surface area (Å²) in [6.45, 7) is 4.53. The van der Waals surface area contributed by atoms with Crippen molar-refractivity contribution >= 4 is 7.60 Å². The Morgan fingerprint density at radius 3 is 2.10 bits per heavy atom. The van der Waals surface area contributed by atoms with Crippen LogP contribution >= 0.6 is 7.60 Å². The average molecular weight is 314 g/mol. The molecule has 0 bridgehead atoms. The first-order valence-corrected chi connectivity index (χ1v) is 9.48. The average Bonchev–Trinajstić information content (AvgIpc) is 2.45. The van der Waals surface area contributed by atoms with Crippen molar-refractivity contribution in [2.45, 2.75) is 46.0 Å². The zero-order chi connectivity index (χ0) is 15.6. The minimum atomic E-state index is -2.86. The van der Waals surface area contributed by atoms with Gasteiger partial charge in [-0.3, -0.25) is 4.57 Å². The van der Waals surface area contributed by atoms with Crippen LogP contribution in [0.15, 0.2) is 24.3 Å². The van der Waals surface area contributed by atoms with Gasteiger partial charge >= 0.3 is 7.60 Å². The van der Waals surface area contributed by atoms with Gasteiger partial charge in [0.05, 0.1) is 19.4 Å². The summed E-state index contributed by atoms with van der Waals surface area (Å²) < 4.78 is 22.8. The predicted molar refractivity (Wildman–Crippen MR) is 86.0 cm³/mol. The van der Waals surface area contributed by atoms with Gasteiger partial charge in [0, 0.05) is 0 Å². The molecule has 1 aromatic rings. The molecule has 0 aliphatic carbocycles. The third-order valence-electron chi connectivity index (χ3n) is 3.24. The molecule has 0 fully saturated rings. The molecule has 0 aliphatic rings. The van der Waals surface area contributed by atoms with Crippen molar-refractivity contribution in [1.82, 2.24) is 0 Å². The lowest BCUT2D eigenvalue weighted by Gasteiger charge is -2.16. The number of unbranched alkanes of at least 4 members (excludes halogenated alkanes) is 3. The van der Waals surface area contributed by atoms with Crippen molar-refractivity contribution in [3.05, 3.63) is 29.8 Å². The van der Waals surface area contributed by atoms with Crippen LogP contribution in [0.5, 0.6) is 5.75 Å². The first kappa shape index (κ1) is 18.2. The van der Waals surface area contributed by atoms with Crippen LogP contribution in [0.3, 0.4) is 0 Å². The fourth-order valence-electron chi connectivity index (χ4n) is 2.21. The second kappa shape index (κ2) is 9.99. The summed E-state index contributed by atoms with van der Waals surface area (Å²) in [4.78, 5) is 0. The van der Waals surface area contributed by atoms with Crippen molar-refractivity contribution in [2.24, 2.45) is 0 Å². The fourth-order valence-corrected chi connectivity index (χ4v) is 3.94. The Hall–Kier alpha value is -0.830. The Bertz CT molecular complexity index is 420. The highest BCUT2D eigenvalue weighted by molar-refractivity contribution is 7.53. The summed E-state index contributed by atoms with van der Waals surface area (Å²) in [5.74, 6) is 0.307. The summed E-state index contributed by atoms with van der Waals surface area (Å²) >= 11 is 0. The number of rotatable bonds is 11. The van der Waals surface area contributed by atoms with Gasteiger partial charge in [0.25, 0.3) is 0 Å². The molecule has 0 heterocycles. The Labute approximate surface area is 128 Å². The smallest absolute Gasteiger partial charge is 0.330 e. The van der Waals surface area contributed by atoms with E-state index in [1.165, 1.54) is 5.56 Å². The molecule has 0 aliphatic heterocycles. The number of phenolic OH excluding ortho intramolecular Hbond substituents is 1. The molecule has 4 nitrogen and oxygen atoms in total. The van der Waals surface area contributed by atoms with Gasteiger partial charge in [-0.25, -0.2) is 0 Å². The highest BCUT2D eigenvalue weighted by Gasteiger charge is 2.22. The van der Waals surface area contributed by atoms with E-state index in [1.807, 2.05) is 26.0 Å². The zero-order valence-electron chi connectivity index (χ0n) is 13.1. The zero-order valence-corrected chi connectivity index (χ0v) is 14.0. The highest BCUT2D eigenvalue weighted by atomic mass is 31.2.